The van der Waals surface area contributed by atoms with Crippen LogP contribution in [0.4, 0.5) is 4.39 Å². The van der Waals surface area contributed by atoms with E-state index in [0.717, 1.165) is 52.6 Å². The van der Waals surface area contributed by atoms with Crippen molar-refractivity contribution in [2.75, 3.05) is 12.8 Å². The zero-order valence-electron chi connectivity index (χ0n) is 14.1. The van der Waals surface area contributed by atoms with Crippen LogP contribution < -0.4 is 0 Å². The number of rotatable bonds is 2. The van der Waals surface area contributed by atoms with E-state index in [1.807, 2.05) is 0 Å². The second-order valence-corrected chi connectivity index (χ2v) is 9.82. The van der Waals surface area contributed by atoms with Gasteiger partial charge in [-0.3, -0.25) is 4.79 Å². The summed E-state index contributed by atoms with van der Waals surface area (Å²) in [4.78, 5) is 18.3. The van der Waals surface area contributed by atoms with Crippen molar-refractivity contribution in [2.24, 2.45) is 0 Å². The Balaban J connectivity index is 1.68. The van der Waals surface area contributed by atoms with E-state index in [4.69, 9.17) is 0 Å². The summed E-state index contributed by atoms with van der Waals surface area (Å²) in [5.41, 5.74) is 2.83. The molecule has 1 aliphatic heterocycles. The fraction of sp³-hybridized carbons (Fsp3) is 0.278. The molecule has 1 amide bonds. The van der Waals surface area contributed by atoms with E-state index >= 15 is 0 Å². The molecule has 1 aliphatic rings. The summed E-state index contributed by atoms with van der Waals surface area (Å²) in [7, 11) is -3.33. The van der Waals surface area contributed by atoms with Gasteiger partial charge in [0.05, 0.1) is 4.88 Å². The van der Waals surface area contributed by atoms with Crippen molar-refractivity contribution in [1.29, 1.82) is 0 Å². The summed E-state index contributed by atoms with van der Waals surface area (Å²) in [6.07, 6.45) is 2.71. The van der Waals surface area contributed by atoms with Crippen molar-refractivity contribution in [3.05, 3.63) is 52.3 Å². The third-order valence-electron chi connectivity index (χ3n) is 4.61. The number of aromatic amines is 1. The number of halogens is 1. The molecule has 0 radical (unpaired) electrons. The molecule has 8 heteroatoms. The Hall–Kier alpha value is -2.19. The van der Waals surface area contributed by atoms with Gasteiger partial charge in [-0.25, -0.2) is 12.8 Å². The zero-order valence-corrected chi connectivity index (χ0v) is 15.7. The van der Waals surface area contributed by atoms with E-state index in [2.05, 4.69) is 4.98 Å². The average molecular weight is 392 g/mol. The van der Waals surface area contributed by atoms with E-state index in [1.165, 1.54) is 18.2 Å². The van der Waals surface area contributed by atoms with Gasteiger partial charge in [0.1, 0.15) is 10.0 Å². The monoisotopic (exact) mass is 392 g/mol. The van der Waals surface area contributed by atoms with Gasteiger partial charge in [-0.15, -0.1) is 11.3 Å². The molecule has 4 rings (SSSR count). The van der Waals surface area contributed by atoms with Crippen LogP contribution >= 0.6 is 11.3 Å². The third kappa shape index (κ3) is 3.03. The number of hydrogen-bond acceptors (Lipinski definition) is 4. The molecule has 1 N–H and O–H groups in total. The highest BCUT2D eigenvalue weighted by Crippen LogP contribution is 2.30. The Labute approximate surface area is 154 Å². The molecule has 3 aromatic rings. The number of nitrogens with one attached hydrogen (secondary N) is 1. The molecule has 3 heterocycles. The van der Waals surface area contributed by atoms with Gasteiger partial charge in [0.25, 0.3) is 5.91 Å². The quantitative estimate of drug-likeness (QED) is 0.727. The van der Waals surface area contributed by atoms with Gasteiger partial charge in [-0.2, -0.15) is 0 Å². The molecule has 5 nitrogen and oxygen atoms in total. The van der Waals surface area contributed by atoms with Crippen molar-refractivity contribution >= 4 is 38.0 Å². The number of carbonyl (C=O) groups excluding carboxylic acids is 1. The second-order valence-electron chi connectivity index (χ2n) is 6.49. The Morgan fingerprint density at radius 3 is 2.81 bits per heavy atom. The van der Waals surface area contributed by atoms with Gasteiger partial charge >= 0.3 is 0 Å². The number of nitrogens with zero attached hydrogens (tertiary/aromatic N) is 1. The van der Waals surface area contributed by atoms with Crippen LogP contribution in [0.25, 0.3) is 10.9 Å². The highest BCUT2D eigenvalue weighted by molar-refractivity contribution is 7.92. The van der Waals surface area contributed by atoms with E-state index in [1.54, 1.807) is 17.0 Å². The van der Waals surface area contributed by atoms with Crippen LogP contribution in [0.2, 0.25) is 0 Å². The molecule has 0 aliphatic carbocycles. The van der Waals surface area contributed by atoms with Crippen molar-refractivity contribution in [1.82, 2.24) is 9.88 Å². The number of benzene rings is 1. The summed E-state index contributed by atoms with van der Waals surface area (Å²) < 4.78 is 37.2. The minimum Gasteiger partial charge on any atom is -0.358 e. The van der Waals surface area contributed by atoms with Crippen LogP contribution in [0.5, 0.6) is 0 Å². The Bertz CT molecular complexity index is 1110. The van der Waals surface area contributed by atoms with Crippen molar-refractivity contribution in [3.8, 4) is 0 Å². The summed E-state index contributed by atoms with van der Waals surface area (Å²) in [6.45, 7) is 0.952. The molecular weight excluding hydrogens is 375 g/mol. The minimum absolute atomic E-state index is 0.186. The number of aromatic nitrogens is 1. The van der Waals surface area contributed by atoms with E-state index in [-0.39, 0.29) is 15.9 Å². The maximum atomic E-state index is 13.7. The predicted molar refractivity (Wildman–Crippen MR) is 98.7 cm³/mol. The van der Waals surface area contributed by atoms with Crippen LogP contribution in [-0.4, -0.2) is 37.0 Å². The van der Waals surface area contributed by atoms with E-state index in [0.29, 0.717) is 18.0 Å². The number of hydrogen-bond donors (Lipinski definition) is 1. The topological polar surface area (TPSA) is 70.2 Å². The predicted octanol–water partition coefficient (Wildman–Crippen LogP) is 3.36. The number of H-pyrrole nitrogens is 1. The van der Waals surface area contributed by atoms with Crippen LogP contribution in [0.1, 0.15) is 27.3 Å². The lowest BCUT2D eigenvalue weighted by atomic mass is 10.1. The summed E-state index contributed by atoms with van der Waals surface area (Å²) in [5.74, 6) is -0.499. The normalized spacial score (nSPS) is 15.1. The van der Waals surface area contributed by atoms with Crippen molar-refractivity contribution in [3.63, 3.8) is 0 Å². The molecule has 1 aromatic carbocycles. The Morgan fingerprint density at radius 2 is 2.08 bits per heavy atom. The smallest absolute Gasteiger partial charge is 0.264 e. The van der Waals surface area contributed by atoms with Crippen LogP contribution in [0, 0.1) is 5.82 Å². The maximum absolute atomic E-state index is 13.7. The fourth-order valence-corrected chi connectivity index (χ4v) is 5.25. The number of aryl methyl sites for hydroxylation is 1. The van der Waals surface area contributed by atoms with Gasteiger partial charge in [0.15, 0.2) is 9.84 Å². The first-order chi connectivity index (χ1) is 12.3. The molecule has 0 atom stereocenters. The largest absolute Gasteiger partial charge is 0.358 e. The number of sulfone groups is 1. The van der Waals surface area contributed by atoms with Crippen molar-refractivity contribution < 1.29 is 17.6 Å². The Kier molecular flexibility index (Phi) is 4.11. The first-order valence-corrected chi connectivity index (χ1v) is 10.9. The molecule has 0 bridgehead atoms. The van der Waals surface area contributed by atoms with Crippen LogP contribution in [0.3, 0.4) is 0 Å². The van der Waals surface area contributed by atoms with Gasteiger partial charge in [-0.05, 0) is 43.2 Å². The van der Waals surface area contributed by atoms with Gasteiger partial charge in [0.2, 0.25) is 0 Å². The molecule has 0 unspecified atom stereocenters. The molecule has 2 aromatic heterocycles. The highest BCUT2D eigenvalue weighted by atomic mass is 32.2. The molecule has 0 fully saturated rings. The lowest BCUT2D eigenvalue weighted by molar-refractivity contribution is 0.0751. The fourth-order valence-electron chi connectivity index (χ4n) is 3.35. The number of fused-ring (bicyclic) bond motifs is 3. The van der Waals surface area contributed by atoms with E-state index in [9.17, 15) is 17.6 Å². The van der Waals surface area contributed by atoms with Crippen LogP contribution in [0.15, 0.2) is 34.5 Å². The summed E-state index contributed by atoms with van der Waals surface area (Å²) in [6, 6.07) is 7.65. The SMILES string of the molecule is CS(=O)(=O)c1ccc(C(=O)N2CCCc3[nH]c4ccc(F)cc4c3C2)s1. The number of thiophene rings is 1. The molecule has 0 saturated heterocycles. The lowest BCUT2D eigenvalue weighted by Crippen LogP contribution is -2.30. The Morgan fingerprint density at radius 1 is 1.27 bits per heavy atom. The zero-order chi connectivity index (χ0) is 18.5. The second kappa shape index (κ2) is 6.21. The molecular formula is C18H17FN2O3S2. The van der Waals surface area contributed by atoms with Gasteiger partial charge in [-0.1, -0.05) is 0 Å². The minimum atomic E-state index is -3.33. The highest BCUT2D eigenvalue weighted by Gasteiger charge is 2.25. The third-order valence-corrected chi connectivity index (χ3v) is 7.50. The first-order valence-electron chi connectivity index (χ1n) is 8.21. The lowest BCUT2D eigenvalue weighted by Gasteiger charge is -2.20. The van der Waals surface area contributed by atoms with E-state index < -0.39 is 9.84 Å². The molecule has 0 spiro atoms. The summed E-state index contributed by atoms with van der Waals surface area (Å²) >= 11 is 0.991. The molecule has 136 valence electrons. The maximum Gasteiger partial charge on any atom is 0.264 e. The average Bonchev–Trinajstić information content (AvgIpc) is 3.14. The van der Waals surface area contributed by atoms with Crippen LogP contribution in [-0.2, 0) is 22.8 Å². The summed E-state index contributed by atoms with van der Waals surface area (Å²) in [5, 5.41) is 0.794. The molecule has 26 heavy (non-hydrogen) atoms. The standard InChI is InChI=1S/C18H17FN2O3S2/c1-26(23,24)17-7-6-16(25-17)18(22)21-8-2-3-14-13(10-21)12-9-11(19)4-5-15(12)20-14/h4-7,9,20H,2-3,8,10H2,1H3. The van der Waals surface area contributed by atoms with Gasteiger partial charge < -0.3 is 9.88 Å². The van der Waals surface area contributed by atoms with Gasteiger partial charge in [0, 0.05) is 41.5 Å². The molecule has 0 saturated carbocycles. The van der Waals surface area contributed by atoms with Crippen molar-refractivity contribution in [2.45, 2.75) is 23.6 Å². The number of carbonyl (C=O) groups is 1. The first kappa shape index (κ1) is 17.2. The number of amides is 1.